The van der Waals surface area contributed by atoms with E-state index in [1.807, 2.05) is 0 Å². The van der Waals surface area contributed by atoms with Crippen molar-refractivity contribution in [2.75, 3.05) is 0 Å². The minimum Gasteiger partial charge on any atom is -0.197 e. The molecule has 0 unspecified atom stereocenters. The summed E-state index contributed by atoms with van der Waals surface area (Å²) < 4.78 is 19.3. The van der Waals surface area contributed by atoms with Crippen LogP contribution in [0.3, 0.4) is 0 Å². The van der Waals surface area contributed by atoms with E-state index >= 15 is 0 Å². The van der Waals surface area contributed by atoms with E-state index in [9.17, 15) is 8.42 Å². The predicted octanol–water partition coefficient (Wildman–Crippen LogP) is 2.34. The molecule has 0 heterocycles. The molecule has 14 heavy (non-hydrogen) atoms. The summed E-state index contributed by atoms with van der Waals surface area (Å²) in [5, 5.41) is 16.7. The lowest BCUT2D eigenvalue weighted by Crippen LogP contribution is -1.85. The molecule has 0 bridgehead atoms. The summed E-state index contributed by atoms with van der Waals surface area (Å²) in [4.78, 5) is 0. The van der Waals surface area contributed by atoms with Crippen molar-refractivity contribution in [3.05, 3.63) is 0 Å². The topological polar surface area (TPSA) is 81.7 Å². The molecule has 0 aliphatic rings. The van der Waals surface area contributed by atoms with Gasteiger partial charge in [0, 0.05) is 0 Å². The van der Waals surface area contributed by atoms with Crippen LogP contribution in [0.15, 0.2) is 0 Å². The number of unbranched alkanes of at least 4 members (excludes halogenated alkanes) is 4. The van der Waals surface area contributed by atoms with Crippen LogP contribution in [0.25, 0.3) is 0 Å². The maximum absolute atomic E-state index is 9.65. The van der Waals surface area contributed by atoms with Crippen LogP contribution >= 0.6 is 0 Å². The Morgan fingerprint density at radius 1 is 0.929 bits per heavy atom. The molecule has 0 N–H and O–H groups in total. The van der Waals surface area contributed by atoms with E-state index in [1.54, 1.807) is 0 Å². The fourth-order valence-electron chi connectivity index (χ4n) is 0.697. The first kappa shape index (κ1) is 15.4. The molecule has 0 aromatic rings. The monoisotopic (exact) mass is 216 g/mol. The largest absolute Gasteiger partial charge is 0.333 e. The van der Waals surface area contributed by atoms with Crippen LogP contribution in [-0.2, 0) is 9.84 Å². The van der Waals surface area contributed by atoms with Crippen molar-refractivity contribution in [1.82, 2.24) is 0 Å². The summed E-state index contributed by atoms with van der Waals surface area (Å²) in [7, 11) is -4.05. The van der Waals surface area contributed by atoms with Gasteiger partial charge in [-0.2, -0.15) is 18.9 Å². The van der Waals surface area contributed by atoms with Gasteiger partial charge in [0.15, 0.2) is 0 Å². The Hall–Kier alpha value is -1.07. The Morgan fingerprint density at radius 2 is 1.29 bits per heavy atom. The third kappa shape index (κ3) is 13.5. The molecule has 0 saturated heterocycles. The summed E-state index contributed by atoms with van der Waals surface area (Å²) >= 11 is 0. The molecule has 0 aliphatic heterocycles. The van der Waals surface area contributed by atoms with Gasteiger partial charge in [0.1, 0.15) is 0 Å². The lowest BCUT2D eigenvalue weighted by atomic mass is 10.2. The maximum Gasteiger partial charge on any atom is 0.333 e. The van der Waals surface area contributed by atoms with E-state index in [4.69, 9.17) is 10.5 Å². The summed E-state index contributed by atoms with van der Waals surface area (Å²) in [5.74, 6) is 0. The van der Waals surface area contributed by atoms with Crippen molar-refractivity contribution in [2.24, 2.45) is 0 Å². The molecule has 0 atom stereocenters. The number of nitrogens with zero attached hydrogens (tertiary/aromatic N) is 2. The third-order valence-electron chi connectivity index (χ3n) is 1.45. The Bertz CT molecular complexity index is 272. The van der Waals surface area contributed by atoms with Crippen molar-refractivity contribution in [1.29, 1.82) is 10.5 Å². The number of thiocyanates is 2. The molecule has 80 valence electrons. The van der Waals surface area contributed by atoms with Crippen LogP contribution in [-0.4, -0.2) is 8.42 Å². The molecule has 0 aromatic heterocycles. The highest BCUT2D eigenvalue weighted by atomic mass is 32.2. The molecule has 0 fully saturated rings. The molecular formula is C9H16N2O2S. The normalized spacial score (nSPS) is 9.14. The second-order valence-electron chi connectivity index (χ2n) is 2.75. The van der Waals surface area contributed by atoms with Gasteiger partial charge in [-0.05, 0) is 0 Å². The van der Waals surface area contributed by atoms with Gasteiger partial charge in [0.2, 0.25) is 10.8 Å². The Balaban J connectivity index is 0. The zero-order valence-electron chi connectivity index (χ0n) is 8.65. The maximum atomic E-state index is 9.65. The molecule has 5 heteroatoms. The van der Waals surface area contributed by atoms with E-state index in [2.05, 4.69) is 13.8 Å². The minimum atomic E-state index is -4.05. The molecule has 0 amide bonds. The first-order valence-corrected chi connectivity index (χ1v) is 6.09. The highest BCUT2D eigenvalue weighted by Crippen LogP contribution is 2.00. The quantitative estimate of drug-likeness (QED) is 0.410. The molecule has 0 aliphatic carbocycles. The lowest BCUT2D eigenvalue weighted by Gasteiger charge is -1.90. The zero-order valence-corrected chi connectivity index (χ0v) is 9.47. The third-order valence-corrected chi connectivity index (χ3v) is 1.93. The molecule has 0 radical (unpaired) electrons. The summed E-state index contributed by atoms with van der Waals surface area (Å²) in [6, 6.07) is 0. The van der Waals surface area contributed by atoms with E-state index in [0.29, 0.717) is 0 Å². The average Bonchev–Trinajstić information content (AvgIpc) is 2.20. The first-order valence-electron chi connectivity index (χ1n) is 4.60. The van der Waals surface area contributed by atoms with Crippen molar-refractivity contribution >= 4 is 9.84 Å². The summed E-state index contributed by atoms with van der Waals surface area (Å²) in [5.41, 5.74) is 0. The van der Waals surface area contributed by atoms with Gasteiger partial charge >= 0.3 is 9.84 Å². The second kappa shape index (κ2) is 10.0. The van der Waals surface area contributed by atoms with Crippen molar-refractivity contribution in [3.63, 3.8) is 0 Å². The van der Waals surface area contributed by atoms with Crippen LogP contribution in [0.4, 0.5) is 0 Å². The SMILES string of the molecule is CCCCCCC.N#CS(=O)(=O)C#N. The van der Waals surface area contributed by atoms with Crippen LogP contribution in [0.1, 0.15) is 46.0 Å². The molecule has 0 saturated carbocycles. The van der Waals surface area contributed by atoms with E-state index in [0.717, 1.165) is 10.8 Å². The molecule has 0 aromatic carbocycles. The van der Waals surface area contributed by atoms with Gasteiger partial charge in [-0.3, -0.25) is 0 Å². The van der Waals surface area contributed by atoms with Gasteiger partial charge in [0.25, 0.3) is 0 Å². The molecular weight excluding hydrogens is 200 g/mol. The second-order valence-corrected chi connectivity index (χ2v) is 4.12. The highest BCUT2D eigenvalue weighted by Gasteiger charge is 2.01. The van der Waals surface area contributed by atoms with Crippen molar-refractivity contribution in [2.45, 2.75) is 46.0 Å². The summed E-state index contributed by atoms with van der Waals surface area (Å²) in [6.07, 6.45) is 7.01. The van der Waals surface area contributed by atoms with Crippen LogP contribution in [0, 0.1) is 21.3 Å². The molecule has 0 spiro atoms. The number of hydrogen-bond donors (Lipinski definition) is 0. The Morgan fingerprint density at radius 3 is 1.43 bits per heavy atom. The molecule has 4 nitrogen and oxygen atoms in total. The number of nitriles is 2. The number of hydrogen-bond acceptors (Lipinski definition) is 4. The van der Waals surface area contributed by atoms with Gasteiger partial charge in [-0.25, -0.2) is 0 Å². The number of sulfone groups is 1. The zero-order chi connectivity index (χ0) is 11.4. The van der Waals surface area contributed by atoms with Gasteiger partial charge < -0.3 is 0 Å². The number of rotatable bonds is 4. The minimum absolute atomic E-state index is 0.802. The molecule has 0 rings (SSSR count). The van der Waals surface area contributed by atoms with Gasteiger partial charge in [0.05, 0.1) is 0 Å². The first-order chi connectivity index (χ1) is 6.54. The van der Waals surface area contributed by atoms with Crippen molar-refractivity contribution in [3.8, 4) is 10.8 Å². The fraction of sp³-hybridized carbons (Fsp3) is 0.778. The lowest BCUT2D eigenvalue weighted by molar-refractivity contribution is 0.614. The van der Waals surface area contributed by atoms with Gasteiger partial charge in [-0.15, -0.1) is 0 Å². The van der Waals surface area contributed by atoms with Crippen molar-refractivity contribution < 1.29 is 8.42 Å². The fourth-order valence-corrected chi connectivity index (χ4v) is 0.738. The van der Waals surface area contributed by atoms with Crippen LogP contribution < -0.4 is 0 Å². The van der Waals surface area contributed by atoms with E-state index in [-0.39, 0.29) is 0 Å². The standard InChI is InChI=1S/C7H16.C2N2O2S/c1-3-5-7-6-4-2;3-1-7(5,6)2-4/h3-7H2,1-2H3;. The highest BCUT2D eigenvalue weighted by molar-refractivity contribution is 8.00. The Kier molecular flexibility index (Phi) is 11.0. The smallest absolute Gasteiger partial charge is 0.197 e. The van der Waals surface area contributed by atoms with Crippen LogP contribution in [0.5, 0.6) is 0 Å². The predicted molar refractivity (Wildman–Crippen MR) is 54.6 cm³/mol. The van der Waals surface area contributed by atoms with E-state index in [1.165, 1.54) is 32.1 Å². The van der Waals surface area contributed by atoms with E-state index < -0.39 is 9.84 Å². The average molecular weight is 216 g/mol. The van der Waals surface area contributed by atoms with Crippen LogP contribution in [0.2, 0.25) is 0 Å². The van der Waals surface area contributed by atoms with Gasteiger partial charge in [-0.1, -0.05) is 46.0 Å². The Labute approximate surface area is 86.1 Å². The summed E-state index contributed by atoms with van der Waals surface area (Å²) in [6.45, 7) is 4.49.